The topological polar surface area (TPSA) is 40.5 Å². The molecular formula is C10H19NO2. The van der Waals surface area contributed by atoms with E-state index >= 15 is 0 Å². The molecule has 1 rings (SSSR count). The maximum absolute atomic E-state index is 11.8. The van der Waals surface area contributed by atoms with Gasteiger partial charge >= 0.3 is 0 Å². The van der Waals surface area contributed by atoms with Gasteiger partial charge in [-0.2, -0.15) is 0 Å². The Morgan fingerprint density at radius 2 is 2.00 bits per heavy atom. The van der Waals surface area contributed by atoms with Crippen LogP contribution in [0.5, 0.6) is 0 Å². The van der Waals surface area contributed by atoms with Gasteiger partial charge in [0.15, 0.2) is 0 Å². The molecule has 0 spiro atoms. The van der Waals surface area contributed by atoms with Crippen molar-refractivity contribution in [1.29, 1.82) is 0 Å². The minimum atomic E-state index is -0.653. The van der Waals surface area contributed by atoms with E-state index in [1.165, 1.54) is 0 Å². The van der Waals surface area contributed by atoms with Crippen molar-refractivity contribution in [3.63, 3.8) is 0 Å². The van der Waals surface area contributed by atoms with Gasteiger partial charge in [0.1, 0.15) is 0 Å². The van der Waals surface area contributed by atoms with Crippen molar-refractivity contribution < 1.29 is 9.90 Å². The van der Waals surface area contributed by atoms with Gasteiger partial charge in [-0.15, -0.1) is 0 Å². The van der Waals surface area contributed by atoms with Crippen LogP contribution in [0.3, 0.4) is 0 Å². The van der Waals surface area contributed by atoms with E-state index in [9.17, 15) is 9.90 Å². The molecule has 0 unspecified atom stereocenters. The Labute approximate surface area is 79.7 Å². The second-order valence-corrected chi connectivity index (χ2v) is 4.90. The molecule has 76 valence electrons. The number of rotatable bonds is 2. The lowest BCUT2D eigenvalue weighted by Gasteiger charge is -2.46. The molecule has 0 aromatic heterocycles. The fourth-order valence-electron chi connectivity index (χ4n) is 1.50. The van der Waals surface area contributed by atoms with Crippen LogP contribution in [-0.4, -0.2) is 34.6 Å². The molecule has 1 saturated heterocycles. The van der Waals surface area contributed by atoms with Gasteiger partial charge in [0.2, 0.25) is 5.91 Å². The van der Waals surface area contributed by atoms with E-state index in [1.807, 2.05) is 20.8 Å². The van der Waals surface area contributed by atoms with Crippen LogP contribution in [0.2, 0.25) is 0 Å². The third kappa shape index (κ3) is 2.02. The SMILES string of the molecule is CCC(C)(C)C(=O)N1CC(C)(O)C1. The lowest BCUT2D eigenvalue weighted by molar-refractivity contribution is -0.161. The van der Waals surface area contributed by atoms with Gasteiger partial charge in [-0.05, 0) is 13.3 Å². The molecule has 0 atom stereocenters. The molecular weight excluding hydrogens is 166 g/mol. The molecule has 1 heterocycles. The highest BCUT2D eigenvalue weighted by Crippen LogP contribution is 2.29. The molecule has 0 saturated carbocycles. The maximum atomic E-state index is 11.8. The summed E-state index contributed by atoms with van der Waals surface area (Å²) in [7, 11) is 0. The van der Waals surface area contributed by atoms with Gasteiger partial charge in [0.25, 0.3) is 0 Å². The van der Waals surface area contributed by atoms with Crippen molar-refractivity contribution in [2.75, 3.05) is 13.1 Å². The first-order valence-corrected chi connectivity index (χ1v) is 4.80. The molecule has 3 heteroatoms. The average Bonchev–Trinajstić information content (AvgIpc) is 1.98. The number of carbonyl (C=O) groups is 1. The molecule has 0 radical (unpaired) electrons. The Bertz CT molecular complexity index is 213. The van der Waals surface area contributed by atoms with Crippen LogP contribution in [0.15, 0.2) is 0 Å². The summed E-state index contributed by atoms with van der Waals surface area (Å²) < 4.78 is 0. The molecule has 1 fully saturated rings. The zero-order chi connectivity index (χ0) is 10.3. The van der Waals surface area contributed by atoms with Crippen LogP contribution in [-0.2, 0) is 4.79 Å². The Morgan fingerprint density at radius 1 is 1.54 bits per heavy atom. The van der Waals surface area contributed by atoms with Gasteiger partial charge in [-0.25, -0.2) is 0 Å². The standard InChI is InChI=1S/C10H19NO2/c1-5-9(2,3)8(12)11-6-10(4,13)7-11/h13H,5-7H2,1-4H3. The van der Waals surface area contributed by atoms with Gasteiger partial charge in [-0.3, -0.25) is 4.79 Å². The van der Waals surface area contributed by atoms with Crippen LogP contribution in [0.1, 0.15) is 34.1 Å². The van der Waals surface area contributed by atoms with Crippen LogP contribution < -0.4 is 0 Å². The van der Waals surface area contributed by atoms with E-state index < -0.39 is 5.60 Å². The lowest BCUT2D eigenvalue weighted by atomic mass is 9.85. The highest BCUT2D eigenvalue weighted by Gasteiger charge is 2.43. The summed E-state index contributed by atoms with van der Waals surface area (Å²) in [4.78, 5) is 13.5. The van der Waals surface area contributed by atoms with E-state index in [0.717, 1.165) is 6.42 Å². The quantitative estimate of drug-likeness (QED) is 0.697. The number of β-amino-alcohol motifs (C(OH)–C–C–N with tert-alkyl or cyclic N) is 1. The predicted molar refractivity (Wildman–Crippen MR) is 51.3 cm³/mol. The molecule has 0 aromatic carbocycles. The van der Waals surface area contributed by atoms with Crippen LogP contribution in [0.25, 0.3) is 0 Å². The summed E-state index contributed by atoms with van der Waals surface area (Å²) >= 11 is 0. The average molecular weight is 185 g/mol. The predicted octanol–water partition coefficient (Wildman–Crippen LogP) is 1.02. The zero-order valence-corrected chi connectivity index (χ0v) is 8.92. The zero-order valence-electron chi connectivity index (χ0n) is 8.92. The van der Waals surface area contributed by atoms with Crippen LogP contribution >= 0.6 is 0 Å². The van der Waals surface area contributed by atoms with E-state index in [1.54, 1.807) is 11.8 Å². The molecule has 0 aliphatic carbocycles. The molecule has 13 heavy (non-hydrogen) atoms. The molecule has 3 nitrogen and oxygen atoms in total. The number of aliphatic hydroxyl groups is 1. The van der Waals surface area contributed by atoms with E-state index in [2.05, 4.69) is 0 Å². The van der Waals surface area contributed by atoms with Crippen molar-refractivity contribution in [3.8, 4) is 0 Å². The van der Waals surface area contributed by atoms with E-state index in [-0.39, 0.29) is 11.3 Å². The van der Waals surface area contributed by atoms with Gasteiger partial charge in [0.05, 0.1) is 18.7 Å². The first kappa shape index (κ1) is 10.5. The largest absolute Gasteiger partial charge is 0.386 e. The molecule has 1 aliphatic heterocycles. The first-order chi connectivity index (χ1) is 5.78. The molecule has 1 N–H and O–H groups in total. The van der Waals surface area contributed by atoms with Crippen molar-refractivity contribution >= 4 is 5.91 Å². The second-order valence-electron chi connectivity index (χ2n) is 4.90. The fraction of sp³-hybridized carbons (Fsp3) is 0.900. The lowest BCUT2D eigenvalue weighted by Crippen LogP contribution is -2.63. The van der Waals surface area contributed by atoms with E-state index in [4.69, 9.17) is 0 Å². The molecule has 0 aromatic rings. The number of hydrogen-bond donors (Lipinski definition) is 1. The smallest absolute Gasteiger partial charge is 0.228 e. The number of likely N-dealkylation sites (tertiary alicyclic amines) is 1. The summed E-state index contributed by atoms with van der Waals surface area (Å²) in [5.74, 6) is 0.154. The summed E-state index contributed by atoms with van der Waals surface area (Å²) in [5, 5.41) is 9.48. The first-order valence-electron chi connectivity index (χ1n) is 4.80. The number of carbonyl (C=O) groups excluding carboxylic acids is 1. The maximum Gasteiger partial charge on any atom is 0.228 e. The minimum absolute atomic E-state index is 0.154. The van der Waals surface area contributed by atoms with Crippen molar-refractivity contribution in [2.24, 2.45) is 5.41 Å². The van der Waals surface area contributed by atoms with E-state index in [0.29, 0.717) is 13.1 Å². The third-order valence-electron chi connectivity index (χ3n) is 2.81. The molecule has 1 amide bonds. The van der Waals surface area contributed by atoms with Gasteiger partial charge in [-0.1, -0.05) is 20.8 Å². The molecule has 0 bridgehead atoms. The van der Waals surface area contributed by atoms with Crippen molar-refractivity contribution in [2.45, 2.75) is 39.7 Å². The monoisotopic (exact) mass is 185 g/mol. The highest BCUT2D eigenvalue weighted by molar-refractivity contribution is 5.82. The Kier molecular flexibility index (Phi) is 2.41. The Hall–Kier alpha value is -0.570. The number of hydrogen-bond acceptors (Lipinski definition) is 2. The van der Waals surface area contributed by atoms with Crippen LogP contribution in [0, 0.1) is 5.41 Å². The Balaban J connectivity index is 2.53. The molecule has 1 aliphatic rings. The second kappa shape index (κ2) is 2.98. The summed E-state index contributed by atoms with van der Waals surface area (Å²) in [5.41, 5.74) is -0.935. The third-order valence-corrected chi connectivity index (χ3v) is 2.81. The van der Waals surface area contributed by atoms with Crippen LogP contribution in [0.4, 0.5) is 0 Å². The number of nitrogens with zero attached hydrogens (tertiary/aromatic N) is 1. The summed E-state index contributed by atoms with van der Waals surface area (Å²) in [6.07, 6.45) is 0.838. The number of amides is 1. The van der Waals surface area contributed by atoms with Crippen molar-refractivity contribution in [1.82, 2.24) is 4.90 Å². The normalized spacial score (nSPS) is 21.2. The minimum Gasteiger partial charge on any atom is -0.386 e. The summed E-state index contributed by atoms with van der Waals surface area (Å²) in [6, 6.07) is 0. The van der Waals surface area contributed by atoms with Gasteiger partial charge < -0.3 is 10.0 Å². The fourth-order valence-corrected chi connectivity index (χ4v) is 1.50. The highest BCUT2D eigenvalue weighted by atomic mass is 16.3. The Morgan fingerprint density at radius 3 is 2.31 bits per heavy atom. The van der Waals surface area contributed by atoms with Gasteiger partial charge in [0, 0.05) is 5.41 Å². The van der Waals surface area contributed by atoms with Crippen molar-refractivity contribution in [3.05, 3.63) is 0 Å². The summed E-state index contributed by atoms with van der Waals surface area (Å²) in [6.45, 7) is 8.63.